The molecule has 0 atom stereocenters. The largest absolute Gasteiger partial charge is 0.476 e. The lowest BCUT2D eigenvalue weighted by atomic mass is 10.4. The van der Waals surface area contributed by atoms with E-state index in [1.165, 1.54) is 0 Å². The summed E-state index contributed by atoms with van der Waals surface area (Å²) in [6, 6.07) is 1.76. The van der Waals surface area contributed by atoms with Crippen LogP contribution in [0.5, 0.6) is 0 Å². The number of carboxylic acid groups (broad SMARTS) is 1. The minimum atomic E-state index is -0.994. The number of thiazole rings is 1. The van der Waals surface area contributed by atoms with Crippen molar-refractivity contribution in [3.8, 4) is 0 Å². The first kappa shape index (κ1) is 10.8. The molecule has 0 saturated heterocycles. The summed E-state index contributed by atoms with van der Waals surface area (Å²) in [6.45, 7) is 1.05. The molecule has 0 amide bonds. The van der Waals surface area contributed by atoms with E-state index in [0.717, 1.165) is 17.1 Å². The quantitative estimate of drug-likeness (QED) is 0.812. The lowest BCUT2D eigenvalue weighted by Crippen LogP contribution is -2.12. The molecule has 16 heavy (non-hydrogen) atoms. The number of carboxylic acids is 1. The summed E-state index contributed by atoms with van der Waals surface area (Å²) in [7, 11) is 0. The third-order valence-electron chi connectivity index (χ3n) is 1.83. The van der Waals surface area contributed by atoms with Crippen LogP contribution in [0.1, 0.15) is 21.3 Å². The van der Waals surface area contributed by atoms with Gasteiger partial charge >= 0.3 is 5.97 Å². The Labute approximate surface area is 94.9 Å². The molecule has 0 saturated carbocycles. The number of rotatable bonds is 5. The Balaban J connectivity index is 1.83. The molecule has 0 bridgehead atoms. The Morgan fingerprint density at radius 1 is 1.56 bits per heavy atom. The molecule has 0 unspecified atom stereocenters. The molecule has 0 aliphatic carbocycles. The van der Waals surface area contributed by atoms with Crippen LogP contribution in [0.15, 0.2) is 22.2 Å². The Kier molecular flexibility index (Phi) is 3.28. The second kappa shape index (κ2) is 4.86. The van der Waals surface area contributed by atoms with Crippen molar-refractivity contribution in [1.29, 1.82) is 0 Å². The normalized spacial score (nSPS) is 10.5. The number of aromatic carboxylic acids is 1. The average Bonchev–Trinajstić information content (AvgIpc) is 2.87. The maximum atomic E-state index is 10.6. The summed E-state index contributed by atoms with van der Waals surface area (Å²) in [5.74, 6) is -0.264. The smallest absolute Gasteiger partial charge is 0.365 e. The van der Waals surface area contributed by atoms with Crippen molar-refractivity contribution < 1.29 is 14.4 Å². The summed E-state index contributed by atoms with van der Waals surface area (Å²) < 4.78 is 4.89. The van der Waals surface area contributed by atoms with Gasteiger partial charge in [0.25, 0.3) is 0 Å². The van der Waals surface area contributed by atoms with Crippen LogP contribution in [-0.4, -0.2) is 21.2 Å². The molecule has 0 spiro atoms. The van der Waals surface area contributed by atoms with Gasteiger partial charge in [-0.3, -0.25) is 0 Å². The van der Waals surface area contributed by atoms with E-state index in [4.69, 9.17) is 9.63 Å². The standard InChI is InChI=1S/C9H9N3O3S/c13-9(14)8-12-6(5-16-8)3-10-4-7-1-2-11-15-7/h1-2,5,10H,3-4H2,(H,13,14). The van der Waals surface area contributed by atoms with Gasteiger partial charge in [-0.15, -0.1) is 11.3 Å². The highest BCUT2D eigenvalue weighted by Crippen LogP contribution is 2.09. The van der Waals surface area contributed by atoms with Crippen molar-refractivity contribution in [1.82, 2.24) is 15.5 Å². The molecule has 6 nitrogen and oxygen atoms in total. The molecule has 84 valence electrons. The first-order chi connectivity index (χ1) is 7.75. The van der Waals surface area contributed by atoms with Crippen molar-refractivity contribution in [2.24, 2.45) is 0 Å². The number of nitrogens with one attached hydrogen (secondary N) is 1. The van der Waals surface area contributed by atoms with Gasteiger partial charge in [0.2, 0.25) is 5.01 Å². The van der Waals surface area contributed by atoms with Crippen LogP contribution in [0.25, 0.3) is 0 Å². The zero-order chi connectivity index (χ0) is 11.4. The molecule has 2 rings (SSSR count). The topological polar surface area (TPSA) is 88.2 Å². The summed E-state index contributed by atoms with van der Waals surface area (Å²) in [5.41, 5.74) is 0.710. The monoisotopic (exact) mass is 239 g/mol. The Bertz CT molecular complexity index is 466. The van der Waals surface area contributed by atoms with Crippen LogP contribution >= 0.6 is 11.3 Å². The fraction of sp³-hybridized carbons (Fsp3) is 0.222. The zero-order valence-corrected chi connectivity index (χ0v) is 9.03. The fourth-order valence-electron chi connectivity index (χ4n) is 1.13. The molecule has 0 fully saturated rings. The highest BCUT2D eigenvalue weighted by molar-refractivity contribution is 7.11. The third-order valence-corrected chi connectivity index (χ3v) is 2.71. The Morgan fingerprint density at radius 3 is 3.06 bits per heavy atom. The number of aromatic nitrogens is 2. The van der Waals surface area contributed by atoms with E-state index >= 15 is 0 Å². The van der Waals surface area contributed by atoms with E-state index < -0.39 is 5.97 Å². The van der Waals surface area contributed by atoms with E-state index in [1.807, 2.05) is 0 Å². The number of hydrogen-bond acceptors (Lipinski definition) is 6. The van der Waals surface area contributed by atoms with Gasteiger partial charge in [0.15, 0.2) is 0 Å². The maximum Gasteiger partial charge on any atom is 0.365 e. The highest BCUT2D eigenvalue weighted by atomic mass is 32.1. The maximum absolute atomic E-state index is 10.6. The fourth-order valence-corrected chi connectivity index (χ4v) is 1.79. The summed E-state index contributed by atoms with van der Waals surface area (Å²) in [5, 5.41) is 17.1. The van der Waals surface area contributed by atoms with Gasteiger partial charge in [-0.2, -0.15) is 0 Å². The van der Waals surface area contributed by atoms with Gasteiger partial charge in [0.1, 0.15) is 5.76 Å². The van der Waals surface area contributed by atoms with E-state index in [0.29, 0.717) is 18.8 Å². The van der Waals surface area contributed by atoms with Crippen molar-refractivity contribution in [2.75, 3.05) is 0 Å². The van der Waals surface area contributed by atoms with Crippen molar-refractivity contribution >= 4 is 17.3 Å². The van der Waals surface area contributed by atoms with Crippen molar-refractivity contribution in [3.63, 3.8) is 0 Å². The third kappa shape index (κ3) is 2.65. The van der Waals surface area contributed by atoms with Gasteiger partial charge in [0, 0.05) is 18.0 Å². The Morgan fingerprint density at radius 2 is 2.44 bits per heavy atom. The average molecular weight is 239 g/mol. The predicted molar refractivity (Wildman–Crippen MR) is 56.1 cm³/mol. The molecule has 2 aromatic rings. The molecule has 0 radical (unpaired) electrons. The van der Waals surface area contributed by atoms with Crippen LogP contribution in [0.4, 0.5) is 0 Å². The van der Waals surface area contributed by atoms with Crippen molar-refractivity contribution in [2.45, 2.75) is 13.1 Å². The first-order valence-corrected chi connectivity index (χ1v) is 5.41. The van der Waals surface area contributed by atoms with Crippen molar-refractivity contribution in [3.05, 3.63) is 34.1 Å². The molecule has 0 aromatic carbocycles. The lowest BCUT2D eigenvalue weighted by Gasteiger charge is -1.97. The second-order valence-electron chi connectivity index (χ2n) is 3.03. The lowest BCUT2D eigenvalue weighted by molar-refractivity contribution is 0.0696. The van der Waals surface area contributed by atoms with Crippen LogP contribution < -0.4 is 5.32 Å². The Hall–Kier alpha value is -1.73. The molecule has 2 heterocycles. The van der Waals surface area contributed by atoms with Gasteiger partial charge < -0.3 is 14.9 Å². The first-order valence-electron chi connectivity index (χ1n) is 4.53. The molecule has 2 N–H and O–H groups in total. The summed E-state index contributed by atoms with van der Waals surface area (Å²) in [4.78, 5) is 14.5. The number of carbonyl (C=O) groups is 1. The SMILES string of the molecule is O=C(O)c1nc(CNCc2ccno2)cs1. The number of nitrogens with zero attached hydrogens (tertiary/aromatic N) is 2. The number of hydrogen-bond donors (Lipinski definition) is 2. The molecule has 2 aromatic heterocycles. The zero-order valence-electron chi connectivity index (χ0n) is 8.21. The van der Waals surface area contributed by atoms with Crippen LogP contribution in [0.3, 0.4) is 0 Å². The molecule has 0 aliphatic rings. The molecular formula is C9H9N3O3S. The van der Waals surface area contributed by atoms with Gasteiger partial charge in [0.05, 0.1) is 18.4 Å². The van der Waals surface area contributed by atoms with Gasteiger partial charge in [-0.05, 0) is 0 Å². The van der Waals surface area contributed by atoms with E-state index in [-0.39, 0.29) is 5.01 Å². The molecule has 7 heteroatoms. The minimum Gasteiger partial charge on any atom is -0.476 e. The predicted octanol–water partition coefficient (Wildman–Crippen LogP) is 1.12. The summed E-state index contributed by atoms with van der Waals surface area (Å²) >= 11 is 1.12. The van der Waals surface area contributed by atoms with Gasteiger partial charge in [-0.1, -0.05) is 5.16 Å². The second-order valence-corrected chi connectivity index (χ2v) is 3.89. The van der Waals surface area contributed by atoms with Gasteiger partial charge in [-0.25, -0.2) is 9.78 Å². The van der Waals surface area contributed by atoms with E-state index in [9.17, 15) is 4.79 Å². The van der Waals surface area contributed by atoms with Crippen LogP contribution in [0, 0.1) is 0 Å². The minimum absolute atomic E-state index is 0.108. The molecular weight excluding hydrogens is 230 g/mol. The molecule has 0 aliphatic heterocycles. The van der Waals surface area contributed by atoms with Crippen LogP contribution in [-0.2, 0) is 13.1 Å². The highest BCUT2D eigenvalue weighted by Gasteiger charge is 2.08. The van der Waals surface area contributed by atoms with Crippen LogP contribution in [0.2, 0.25) is 0 Å². The summed E-state index contributed by atoms with van der Waals surface area (Å²) in [6.07, 6.45) is 1.57. The van der Waals surface area contributed by atoms with E-state index in [1.54, 1.807) is 17.6 Å². The van der Waals surface area contributed by atoms with E-state index in [2.05, 4.69) is 15.5 Å².